The molecule has 0 aliphatic heterocycles. The van der Waals surface area contributed by atoms with Crippen molar-refractivity contribution in [2.45, 2.75) is 17.7 Å². The summed E-state index contributed by atoms with van der Waals surface area (Å²) in [5.74, 6) is 0.283. The minimum absolute atomic E-state index is 0.124. The van der Waals surface area contributed by atoms with Gasteiger partial charge in [0.2, 0.25) is 10.0 Å². The lowest BCUT2D eigenvalue weighted by Crippen LogP contribution is -2.22. The van der Waals surface area contributed by atoms with Gasteiger partial charge in [0.15, 0.2) is 5.78 Å². The topological polar surface area (TPSA) is 54.5 Å². The van der Waals surface area contributed by atoms with E-state index >= 15 is 0 Å². The third kappa shape index (κ3) is 2.40. The minimum atomic E-state index is -3.40. The van der Waals surface area contributed by atoms with E-state index < -0.39 is 10.0 Å². The maximum atomic E-state index is 11.8. The van der Waals surface area contributed by atoms with Crippen molar-refractivity contribution in [1.29, 1.82) is 0 Å². The molecule has 5 heteroatoms. The Balaban J connectivity index is 2.27. The lowest BCUT2D eigenvalue weighted by molar-refractivity contribution is 0.0967. The van der Waals surface area contributed by atoms with Crippen molar-refractivity contribution < 1.29 is 13.2 Å². The number of ketones is 1. The number of sulfonamides is 1. The highest BCUT2D eigenvalue weighted by molar-refractivity contribution is 7.89. The van der Waals surface area contributed by atoms with Gasteiger partial charge in [0.1, 0.15) is 0 Å². The molecule has 4 nitrogen and oxygen atoms in total. The van der Waals surface area contributed by atoms with E-state index in [1.165, 1.54) is 26.2 Å². The second-order valence-electron chi connectivity index (χ2n) is 4.45. The molecule has 1 aromatic carbocycles. The lowest BCUT2D eigenvalue weighted by atomic mass is 10.1. The van der Waals surface area contributed by atoms with Crippen molar-refractivity contribution >= 4 is 15.8 Å². The van der Waals surface area contributed by atoms with Crippen molar-refractivity contribution in [2.75, 3.05) is 14.1 Å². The normalized spacial score (nSPS) is 16.2. The smallest absolute Gasteiger partial charge is 0.242 e. The van der Waals surface area contributed by atoms with Crippen LogP contribution in [0.3, 0.4) is 0 Å². The third-order valence-corrected chi connectivity index (χ3v) is 4.69. The number of hydrogen-bond acceptors (Lipinski definition) is 3. The molecule has 0 bridgehead atoms. The van der Waals surface area contributed by atoms with Crippen molar-refractivity contribution in [1.82, 2.24) is 4.31 Å². The number of carbonyl (C=O) groups excluding carboxylic acids is 1. The zero-order valence-corrected chi connectivity index (χ0v) is 10.7. The Morgan fingerprint density at radius 3 is 2.12 bits per heavy atom. The van der Waals surface area contributed by atoms with Gasteiger partial charge in [-0.2, -0.15) is 0 Å². The molecular formula is C12H15NO3S. The molecule has 0 radical (unpaired) electrons. The summed E-state index contributed by atoms with van der Waals surface area (Å²) >= 11 is 0. The molecule has 0 atom stereocenters. The molecule has 1 aliphatic carbocycles. The Kier molecular flexibility index (Phi) is 3.05. The largest absolute Gasteiger partial charge is 0.294 e. The maximum absolute atomic E-state index is 11.8. The van der Waals surface area contributed by atoms with Crippen LogP contribution >= 0.6 is 0 Å². The fourth-order valence-corrected chi connectivity index (χ4v) is 2.48. The lowest BCUT2D eigenvalue weighted by Gasteiger charge is -2.11. The van der Waals surface area contributed by atoms with Gasteiger partial charge in [-0.15, -0.1) is 0 Å². The number of benzene rings is 1. The fraction of sp³-hybridized carbons (Fsp3) is 0.417. The maximum Gasteiger partial charge on any atom is 0.242 e. The number of nitrogens with zero attached hydrogens (tertiary/aromatic N) is 1. The van der Waals surface area contributed by atoms with E-state index in [9.17, 15) is 13.2 Å². The molecule has 1 fully saturated rings. The van der Waals surface area contributed by atoms with E-state index in [4.69, 9.17) is 0 Å². The standard InChI is InChI=1S/C12H15NO3S/c1-13(2)17(15,16)11-7-5-10(6-8-11)12(14)9-3-4-9/h5-9H,3-4H2,1-2H3. The summed E-state index contributed by atoms with van der Waals surface area (Å²) in [7, 11) is -0.433. The Morgan fingerprint density at radius 1 is 1.18 bits per heavy atom. The molecule has 1 aromatic rings. The van der Waals surface area contributed by atoms with E-state index in [2.05, 4.69) is 0 Å². The van der Waals surface area contributed by atoms with Crippen LogP contribution in [-0.2, 0) is 10.0 Å². The molecule has 0 unspecified atom stereocenters. The highest BCUT2D eigenvalue weighted by Gasteiger charge is 2.30. The van der Waals surface area contributed by atoms with Crippen LogP contribution in [0.15, 0.2) is 29.2 Å². The summed E-state index contributed by atoms with van der Waals surface area (Å²) in [5, 5.41) is 0. The van der Waals surface area contributed by atoms with Crippen LogP contribution in [0.25, 0.3) is 0 Å². The van der Waals surface area contributed by atoms with E-state index in [1.54, 1.807) is 12.1 Å². The van der Waals surface area contributed by atoms with Gasteiger partial charge in [0, 0.05) is 25.6 Å². The predicted molar refractivity (Wildman–Crippen MR) is 64.4 cm³/mol. The number of hydrogen-bond donors (Lipinski definition) is 0. The van der Waals surface area contributed by atoms with Crippen LogP contribution in [0.4, 0.5) is 0 Å². The van der Waals surface area contributed by atoms with Gasteiger partial charge in [0.05, 0.1) is 4.90 Å². The summed E-state index contributed by atoms with van der Waals surface area (Å²) in [6, 6.07) is 6.17. The second-order valence-corrected chi connectivity index (χ2v) is 6.60. The van der Waals surface area contributed by atoms with E-state index in [-0.39, 0.29) is 16.6 Å². The van der Waals surface area contributed by atoms with Gasteiger partial charge in [0.25, 0.3) is 0 Å². The van der Waals surface area contributed by atoms with Gasteiger partial charge < -0.3 is 0 Å². The van der Waals surface area contributed by atoms with Crippen LogP contribution in [0.1, 0.15) is 23.2 Å². The van der Waals surface area contributed by atoms with Crippen LogP contribution in [0.5, 0.6) is 0 Å². The first-order valence-corrected chi connectivity index (χ1v) is 6.94. The molecule has 1 saturated carbocycles. The summed E-state index contributed by atoms with van der Waals surface area (Å²) in [6.45, 7) is 0. The molecule has 0 amide bonds. The molecule has 92 valence electrons. The van der Waals surface area contributed by atoms with Crippen LogP contribution < -0.4 is 0 Å². The van der Waals surface area contributed by atoms with E-state index in [1.807, 2.05) is 0 Å². The molecule has 17 heavy (non-hydrogen) atoms. The fourth-order valence-electron chi connectivity index (χ4n) is 1.58. The van der Waals surface area contributed by atoms with Crippen molar-refractivity contribution in [3.63, 3.8) is 0 Å². The second kappa shape index (κ2) is 4.23. The Labute approximate surface area is 101 Å². The predicted octanol–water partition coefficient (Wildman–Crippen LogP) is 1.53. The molecule has 0 saturated heterocycles. The molecule has 0 spiro atoms. The third-order valence-electron chi connectivity index (χ3n) is 2.87. The number of carbonyl (C=O) groups is 1. The molecular weight excluding hydrogens is 238 g/mol. The molecule has 1 aliphatic rings. The summed E-state index contributed by atoms with van der Waals surface area (Å²) < 4.78 is 24.8. The monoisotopic (exact) mass is 253 g/mol. The first kappa shape index (κ1) is 12.3. The highest BCUT2D eigenvalue weighted by Crippen LogP contribution is 2.32. The zero-order chi connectivity index (χ0) is 12.6. The molecule has 0 heterocycles. The summed E-state index contributed by atoms with van der Waals surface area (Å²) in [6.07, 6.45) is 1.91. The van der Waals surface area contributed by atoms with Gasteiger partial charge >= 0.3 is 0 Å². The first-order valence-electron chi connectivity index (χ1n) is 5.50. The van der Waals surface area contributed by atoms with Gasteiger partial charge in [-0.05, 0) is 25.0 Å². The number of rotatable bonds is 4. The molecule has 0 N–H and O–H groups in total. The van der Waals surface area contributed by atoms with E-state index in [0.717, 1.165) is 17.1 Å². The molecule has 0 aromatic heterocycles. The average Bonchev–Trinajstić information content (AvgIpc) is 3.12. The van der Waals surface area contributed by atoms with Crippen molar-refractivity contribution in [3.8, 4) is 0 Å². The first-order chi connectivity index (χ1) is 7.93. The van der Waals surface area contributed by atoms with Gasteiger partial charge in [-0.25, -0.2) is 12.7 Å². The Bertz CT molecular complexity index is 527. The average molecular weight is 253 g/mol. The van der Waals surface area contributed by atoms with Crippen LogP contribution in [-0.4, -0.2) is 32.6 Å². The quantitative estimate of drug-likeness (QED) is 0.765. The van der Waals surface area contributed by atoms with Gasteiger partial charge in [-0.3, -0.25) is 4.79 Å². The zero-order valence-electron chi connectivity index (χ0n) is 9.88. The summed E-state index contributed by atoms with van der Waals surface area (Å²) in [4.78, 5) is 12.0. The minimum Gasteiger partial charge on any atom is -0.294 e. The SMILES string of the molecule is CN(C)S(=O)(=O)c1ccc(C(=O)C2CC2)cc1. The van der Waals surface area contributed by atoms with E-state index in [0.29, 0.717) is 5.56 Å². The van der Waals surface area contributed by atoms with Gasteiger partial charge in [-0.1, -0.05) is 12.1 Å². The highest BCUT2D eigenvalue weighted by atomic mass is 32.2. The van der Waals surface area contributed by atoms with Crippen LogP contribution in [0, 0.1) is 5.92 Å². The Hall–Kier alpha value is -1.20. The summed E-state index contributed by atoms with van der Waals surface area (Å²) in [5.41, 5.74) is 0.602. The molecule has 2 rings (SSSR count). The van der Waals surface area contributed by atoms with Crippen molar-refractivity contribution in [3.05, 3.63) is 29.8 Å². The Morgan fingerprint density at radius 2 is 1.71 bits per heavy atom. The van der Waals surface area contributed by atoms with Crippen molar-refractivity contribution in [2.24, 2.45) is 5.92 Å². The number of Topliss-reactive ketones (excluding diaryl/α,β-unsaturated/α-hetero) is 1. The van der Waals surface area contributed by atoms with Crippen LogP contribution in [0.2, 0.25) is 0 Å².